The highest BCUT2D eigenvalue weighted by Gasteiger charge is 2.31. The van der Waals surface area contributed by atoms with Gasteiger partial charge in [-0.25, -0.2) is 4.98 Å². The molecule has 0 aliphatic rings. The zero-order chi connectivity index (χ0) is 19.6. The normalized spacial score (nSPS) is 12.9. The number of imidazole rings is 1. The summed E-state index contributed by atoms with van der Waals surface area (Å²) in [5.74, 6) is -0.175. The molecule has 2 heterocycles. The molecule has 7 heteroatoms. The number of hydrogen-bond acceptors (Lipinski definition) is 2. The van der Waals surface area contributed by atoms with E-state index in [1.54, 1.807) is 24.1 Å². The maximum absolute atomic E-state index is 13.0. The maximum Gasteiger partial charge on any atom is 0.416 e. The Morgan fingerprint density at radius 3 is 2.67 bits per heavy atom. The van der Waals surface area contributed by atoms with Crippen LogP contribution in [0.1, 0.15) is 36.7 Å². The van der Waals surface area contributed by atoms with Crippen LogP contribution in [0.15, 0.2) is 54.9 Å². The van der Waals surface area contributed by atoms with Crippen LogP contribution >= 0.6 is 0 Å². The van der Waals surface area contributed by atoms with E-state index >= 15 is 0 Å². The van der Waals surface area contributed by atoms with Crippen molar-refractivity contribution in [3.63, 3.8) is 0 Å². The molecule has 1 aromatic carbocycles. The van der Waals surface area contributed by atoms with E-state index in [-0.39, 0.29) is 12.3 Å². The van der Waals surface area contributed by atoms with Crippen LogP contribution < -0.4 is 0 Å². The molecular weight excluding hydrogens is 355 g/mol. The fourth-order valence-corrected chi connectivity index (χ4v) is 3.15. The molecule has 142 valence electrons. The zero-order valence-corrected chi connectivity index (χ0v) is 15.1. The SMILES string of the molecule is CCN(C(=O)Cc1cn2ccccc2n1)C(C)c1cccc(C(F)(F)F)c1. The van der Waals surface area contributed by atoms with Gasteiger partial charge in [0, 0.05) is 18.9 Å². The molecule has 0 N–H and O–H groups in total. The topological polar surface area (TPSA) is 37.6 Å². The Bertz CT molecular complexity index is 916. The molecule has 27 heavy (non-hydrogen) atoms. The number of fused-ring (bicyclic) bond motifs is 1. The second-order valence-corrected chi connectivity index (χ2v) is 6.35. The summed E-state index contributed by atoms with van der Waals surface area (Å²) in [6.45, 7) is 3.94. The average Bonchev–Trinajstić information content (AvgIpc) is 3.03. The van der Waals surface area contributed by atoms with Gasteiger partial charge in [0.1, 0.15) is 5.65 Å². The van der Waals surface area contributed by atoms with E-state index in [0.717, 1.165) is 17.8 Å². The van der Waals surface area contributed by atoms with Crippen LogP contribution in [0.5, 0.6) is 0 Å². The number of rotatable bonds is 5. The van der Waals surface area contributed by atoms with Gasteiger partial charge in [0.15, 0.2) is 0 Å². The minimum absolute atomic E-state index is 0.0961. The molecule has 0 saturated heterocycles. The summed E-state index contributed by atoms with van der Waals surface area (Å²) < 4.78 is 40.7. The molecular formula is C20H20F3N3O. The fourth-order valence-electron chi connectivity index (χ4n) is 3.15. The first-order valence-electron chi connectivity index (χ1n) is 8.69. The zero-order valence-electron chi connectivity index (χ0n) is 15.1. The lowest BCUT2D eigenvalue weighted by Gasteiger charge is -2.28. The van der Waals surface area contributed by atoms with Crippen molar-refractivity contribution in [2.24, 2.45) is 0 Å². The summed E-state index contributed by atoms with van der Waals surface area (Å²) in [4.78, 5) is 18.8. The first-order valence-corrected chi connectivity index (χ1v) is 8.69. The van der Waals surface area contributed by atoms with Gasteiger partial charge in [-0.2, -0.15) is 13.2 Å². The molecule has 4 nitrogen and oxygen atoms in total. The van der Waals surface area contributed by atoms with Crippen LogP contribution in [-0.2, 0) is 17.4 Å². The Labute approximate surface area is 155 Å². The van der Waals surface area contributed by atoms with Crippen molar-refractivity contribution in [1.29, 1.82) is 0 Å². The number of likely N-dealkylation sites (N-methyl/N-ethyl adjacent to an activating group) is 1. The minimum atomic E-state index is -4.41. The monoisotopic (exact) mass is 375 g/mol. The van der Waals surface area contributed by atoms with Gasteiger partial charge < -0.3 is 9.30 Å². The molecule has 0 bridgehead atoms. The lowest BCUT2D eigenvalue weighted by atomic mass is 10.0. The summed E-state index contributed by atoms with van der Waals surface area (Å²) in [5.41, 5.74) is 1.11. The quantitative estimate of drug-likeness (QED) is 0.658. The molecule has 0 aliphatic carbocycles. The smallest absolute Gasteiger partial charge is 0.336 e. The maximum atomic E-state index is 13.0. The van der Waals surface area contributed by atoms with Crippen molar-refractivity contribution in [3.8, 4) is 0 Å². The van der Waals surface area contributed by atoms with Gasteiger partial charge in [0.2, 0.25) is 5.91 Å². The van der Waals surface area contributed by atoms with Gasteiger partial charge in [-0.1, -0.05) is 18.2 Å². The van der Waals surface area contributed by atoms with Gasteiger partial charge >= 0.3 is 6.18 Å². The fraction of sp³-hybridized carbons (Fsp3) is 0.300. The molecule has 3 rings (SSSR count). The lowest BCUT2D eigenvalue weighted by Crippen LogP contribution is -2.34. The Kier molecular flexibility index (Phi) is 5.21. The molecule has 0 fully saturated rings. The second-order valence-electron chi connectivity index (χ2n) is 6.35. The van der Waals surface area contributed by atoms with Gasteiger partial charge in [0.25, 0.3) is 0 Å². The number of aromatic nitrogens is 2. The van der Waals surface area contributed by atoms with E-state index < -0.39 is 17.8 Å². The van der Waals surface area contributed by atoms with E-state index in [1.807, 2.05) is 35.7 Å². The molecule has 2 aromatic heterocycles. The second kappa shape index (κ2) is 7.42. The van der Waals surface area contributed by atoms with Crippen LogP contribution in [0, 0.1) is 0 Å². The van der Waals surface area contributed by atoms with E-state index in [4.69, 9.17) is 0 Å². The standard InChI is InChI=1S/C20H20F3N3O/c1-3-26(14(2)15-7-6-8-16(11-15)20(21,22)23)19(27)12-17-13-25-10-5-4-9-18(25)24-17/h4-11,13-14H,3,12H2,1-2H3. The number of carbonyl (C=O) groups is 1. The van der Waals surface area contributed by atoms with Crippen molar-refractivity contribution in [1.82, 2.24) is 14.3 Å². The number of carbonyl (C=O) groups excluding carboxylic acids is 1. The van der Waals surface area contributed by atoms with Crippen molar-refractivity contribution in [3.05, 3.63) is 71.7 Å². The lowest BCUT2D eigenvalue weighted by molar-refractivity contribution is -0.137. The van der Waals surface area contributed by atoms with Gasteiger partial charge in [0.05, 0.1) is 23.7 Å². The highest BCUT2D eigenvalue weighted by molar-refractivity contribution is 5.79. The number of halogens is 3. The summed E-state index contributed by atoms with van der Waals surface area (Å²) in [5, 5.41) is 0. The first-order chi connectivity index (χ1) is 12.8. The minimum Gasteiger partial charge on any atom is -0.336 e. The predicted octanol–water partition coefficient (Wildman–Crippen LogP) is 4.51. The molecule has 0 radical (unpaired) electrons. The van der Waals surface area contributed by atoms with Gasteiger partial charge in [-0.05, 0) is 43.7 Å². The van der Waals surface area contributed by atoms with Crippen LogP contribution in [0.3, 0.4) is 0 Å². The third-order valence-electron chi connectivity index (χ3n) is 4.57. The Balaban J connectivity index is 1.80. The highest BCUT2D eigenvalue weighted by Crippen LogP contribution is 2.32. The molecule has 1 unspecified atom stereocenters. The third-order valence-corrected chi connectivity index (χ3v) is 4.57. The molecule has 3 aromatic rings. The summed E-state index contributed by atoms with van der Waals surface area (Å²) in [6, 6.07) is 10.2. The molecule has 0 saturated carbocycles. The average molecular weight is 375 g/mol. The van der Waals surface area contributed by atoms with Crippen molar-refractivity contribution in [2.75, 3.05) is 6.54 Å². The van der Waals surface area contributed by atoms with Crippen LogP contribution in [0.25, 0.3) is 5.65 Å². The van der Waals surface area contributed by atoms with Crippen LogP contribution in [0.4, 0.5) is 13.2 Å². The predicted molar refractivity (Wildman–Crippen MR) is 96.1 cm³/mol. The first kappa shape index (κ1) is 18.9. The molecule has 0 spiro atoms. The van der Waals surface area contributed by atoms with Crippen molar-refractivity contribution in [2.45, 2.75) is 32.5 Å². The van der Waals surface area contributed by atoms with E-state index in [2.05, 4.69) is 4.98 Å². The Hall–Kier alpha value is -2.83. The number of nitrogens with zero attached hydrogens (tertiary/aromatic N) is 3. The third kappa shape index (κ3) is 4.13. The summed E-state index contributed by atoms with van der Waals surface area (Å²) in [6.07, 6.45) is -0.679. The van der Waals surface area contributed by atoms with E-state index in [1.165, 1.54) is 6.07 Å². The Morgan fingerprint density at radius 1 is 1.22 bits per heavy atom. The summed E-state index contributed by atoms with van der Waals surface area (Å²) in [7, 11) is 0. The van der Waals surface area contributed by atoms with Gasteiger partial charge in [-0.3, -0.25) is 4.79 Å². The van der Waals surface area contributed by atoms with Crippen molar-refractivity contribution < 1.29 is 18.0 Å². The van der Waals surface area contributed by atoms with Crippen LogP contribution in [0.2, 0.25) is 0 Å². The van der Waals surface area contributed by atoms with Crippen LogP contribution in [-0.4, -0.2) is 26.7 Å². The molecule has 1 atom stereocenters. The molecule has 1 amide bonds. The van der Waals surface area contributed by atoms with Gasteiger partial charge in [-0.15, -0.1) is 0 Å². The number of amides is 1. The molecule has 0 aliphatic heterocycles. The number of alkyl halides is 3. The van der Waals surface area contributed by atoms with E-state index in [9.17, 15) is 18.0 Å². The summed E-state index contributed by atoms with van der Waals surface area (Å²) >= 11 is 0. The van der Waals surface area contributed by atoms with Crippen molar-refractivity contribution >= 4 is 11.6 Å². The number of pyridine rings is 1. The highest BCUT2D eigenvalue weighted by atomic mass is 19.4. The number of benzene rings is 1. The largest absolute Gasteiger partial charge is 0.416 e. The van der Waals surface area contributed by atoms with E-state index in [0.29, 0.717) is 17.8 Å². The Morgan fingerprint density at radius 2 is 2.00 bits per heavy atom. The number of hydrogen-bond donors (Lipinski definition) is 0.